The van der Waals surface area contributed by atoms with Gasteiger partial charge in [-0.15, -0.1) is 0 Å². The maximum Gasteiger partial charge on any atom is 0.339 e. The lowest BCUT2D eigenvalue weighted by molar-refractivity contribution is 0.0692. The van der Waals surface area contributed by atoms with Crippen LogP contribution in [0.25, 0.3) is 5.69 Å². The minimum Gasteiger partial charge on any atom is -0.478 e. The highest BCUT2D eigenvalue weighted by molar-refractivity contribution is 9.10. The van der Waals surface area contributed by atoms with Gasteiger partial charge >= 0.3 is 5.97 Å². The molecule has 1 aromatic heterocycles. The van der Waals surface area contributed by atoms with Crippen LogP contribution >= 0.6 is 15.9 Å². The van der Waals surface area contributed by atoms with E-state index in [4.69, 9.17) is 10.8 Å². The van der Waals surface area contributed by atoms with Gasteiger partial charge in [0.2, 0.25) is 0 Å². The molecule has 0 aliphatic carbocycles. The van der Waals surface area contributed by atoms with E-state index in [9.17, 15) is 9.59 Å². The summed E-state index contributed by atoms with van der Waals surface area (Å²) < 4.78 is 2.04. The van der Waals surface area contributed by atoms with E-state index < -0.39 is 11.9 Å². The first kappa shape index (κ1) is 13.3. The van der Waals surface area contributed by atoms with Gasteiger partial charge in [-0.3, -0.25) is 4.79 Å². The van der Waals surface area contributed by atoms with Crippen molar-refractivity contribution in [1.29, 1.82) is 0 Å². The molecule has 0 radical (unpaired) electrons. The van der Waals surface area contributed by atoms with Gasteiger partial charge < -0.3 is 10.8 Å². The SMILES string of the molecule is Cc1ccc(-n2ncc(C(=O)O)c2C(N)=O)cc1Br. The van der Waals surface area contributed by atoms with Crippen molar-refractivity contribution in [3.8, 4) is 5.69 Å². The Morgan fingerprint density at radius 3 is 2.63 bits per heavy atom. The third-order valence-electron chi connectivity index (χ3n) is 2.63. The monoisotopic (exact) mass is 323 g/mol. The van der Waals surface area contributed by atoms with E-state index in [1.165, 1.54) is 4.68 Å². The second kappa shape index (κ2) is 4.85. The summed E-state index contributed by atoms with van der Waals surface area (Å²) >= 11 is 3.37. The van der Waals surface area contributed by atoms with Crippen molar-refractivity contribution in [1.82, 2.24) is 9.78 Å². The molecule has 19 heavy (non-hydrogen) atoms. The molecule has 0 saturated heterocycles. The summed E-state index contributed by atoms with van der Waals surface area (Å²) in [6.07, 6.45) is 1.11. The van der Waals surface area contributed by atoms with E-state index in [0.717, 1.165) is 16.2 Å². The fourth-order valence-electron chi connectivity index (χ4n) is 1.65. The Kier molecular flexibility index (Phi) is 3.39. The highest BCUT2D eigenvalue weighted by Crippen LogP contribution is 2.22. The molecule has 1 aromatic carbocycles. The molecule has 98 valence electrons. The van der Waals surface area contributed by atoms with E-state index in [0.29, 0.717) is 5.69 Å². The zero-order valence-electron chi connectivity index (χ0n) is 9.92. The van der Waals surface area contributed by atoms with Crippen molar-refractivity contribution < 1.29 is 14.7 Å². The highest BCUT2D eigenvalue weighted by Gasteiger charge is 2.22. The molecular formula is C12H10BrN3O3. The number of hydrogen-bond donors (Lipinski definition) is 2. The largest absolute Gasteiger partial charge is 0.478 e. The van der Waals surface area contributed by atoms with Crippen LogP contribution in [0.3, 0.4) is 0 Å². The summed E-state index contributed by atoms with van der Waals surface area (Å²) in [4.78, 5) is 22.4. The van der Waals surface area contributed by atoms with Gasteiger partial charge in [-0.25, -0.2) is 9.48 Å². The summed E-state index contributed by atoms with van der Waals surface area (Å²) in [5.74, 6) is -2.09. The molecule has 0 aliphatic heterocycles. The number of amides is 1. The molecule has 0 bridgehead atoms. The Bertz CT molecular complexity index is 679. The predicted molar refractivity (Wildman–Crippen MR) is 71.5 cm³/mol. The Hall–Kier alpha value is -2.15. The molecule has 6 nitrogen and oxygen atoms in total. The second-order valence-electron chi connectivity index (χ2n) is 3.92. The van der Waals surface area contributed by atoms with Gasteiger partial charge in [0, 0.05) is 4.47 Å². The fourth-order valence-corrected chi connectivity index (χ4v) is 2.02. The van der Waals surface area contributed by atoms with E-state index in [1.807, 2.05) is 13.0 Å². The van der Waals surface area contributed by atoms with Crippen LogP contribution in [0.5, 0.6) is 0 Å². The topological polar surface area (TPSA) is 98.2 Å². The first-order valence-corrected chi connectivity index (χ1v) is 6.08. The Balaban J connectivity index is 2.65. The number of aryl methyl sites for hydroxylation is 1. The number of carbonyl (C=O) groups is 2. The molecule has 2 aromatic rings. The lowest BCUT2D eigenvalue weighted by atomic mass is 10.2. The molecule has 7 heteroatoms. The minimum absolute atomic E-state index is 0.150. The summed E-state index contributed by atoms with van der Waals surface area (Å²) in [5.41, 5.74) is 6.42. The number of carboxylic acid groups (broad SMARTS) is 1. The number of benzene rings is 1. The van der Waals surface area contributed by atoms with Crippen molar-refractivity contribution in [2.45, 2.75) is 6.92 Å². The van der Waals surface area contributed by atoms with Crippen LogP contribution in [0.2, 0.25) is 0 Å². The summed E-state index contributed by atoms with van der Waals surface area (Å²) in [6.45, 7) is 1.91. The maximum absolute atomic E-state index is 11.4. The standard InChI is InChI=1S/C12H10BrN3O3/c1-6-2-3-7(4-9(6)13)16-10(11(14)17)8(5-15-16)12(18)19/h2-5H,1H3,(H2,14,17)(H,18,19). The van der Waals surface area contributed by atoms with Crippen molar-refractivity contribution >= 4 is 27.8 Å². The fraction of sp³-hybridized carbons (Fsp3) is 0.0833. The minimum atomic E-state index is -1.24. The molecule has 0 unspecified atom stereocenters. The van der Waals surface area contributed by atoms with Crippen LogP contribution in [0.1, 0.15) is 26.4 Å². The lowest BCUT2D eigenvalue weighted by Gasteiger charge is -2.07. The number of hydrogen-bond acceptors (Lipinski definition) is 3. The number of aromatic carboxylic acids is 1. The molecule has 2 rings (SSSR count). The molecule has 0 aliphatic rings. The van der Waals surface area contributed by atoms with Crippen LogP contribution in [-0.2, 0) is 0 Å². The second-order valence-corrected chi connectivity index (χ2v) is 4.78. The average Bonchev–Trinajstić information content (AvgIpc) is 2.77. The van der Waals surface area contributed by atoms with E-state index in [2.05, 4.69) is 21.0 Å². The van der Waals surface area contributed by atoms with Crippen LogP contribution in [0, 0.1) is 6.92 Å². The van der Waals surface area contributed by atoms with Crippen LogP contribution in [0.15, 0.2) is 28.9 Å². The number of aromatic nitrogens is 2. The van der Waals surface area contributed by atoms with Gasteiger partial charge in [0.25, 0.3) is 5.91 Å². The lowest BCUT2D eigenvalue weighted by Crippen LogP contribution is -2.20. The molecule has 0 atom stereocenters. The van der Waals surface area contributed by atoms with Gasteiger partial charge in [0.05, 0.1) is 11.9 Å². The smallest absolute Gasteiger partial charge is 0.339 e. The van der Waals surface area contributed by atoms with Crippen molar-refractivity contribution in [3.05, 3.63) is 45.7 Å². The summed E-state index contributed by atoms with van der Waals surface area (Å²) in [5, 5.41) is 12.9. The molecule has 0 spiro atoms. The van der Waals surface area contributed by atoms with Crippen LogP contribution < -0.4 is 5.73 Å². The molecule has 3 N–H and O–H groups in total. The number of rotatable bonds is 3. The predicted octanol–water partition coefficient (Wildman–Crippen LogP) is 1.74. The Morgan fingerprint density at radius 2 is 2.11 bits per heavy atom. The van der Waals surface area contributed by atoms with Gasteiger partial charge in [-0.2, -0.15) is 5.10 Å². The third-order valence-corrected chi connectivity index (χ3v) is 3.49. The van der Waals surface area contributed by atoms with Gasteiger partial charge in [0.15, 0.2) is 0 Å². The quantitative estimate of drug-likeness (QED) is 0.898. The first-order valence-electron chi connectivity index (χ1n) is 5.29. The Labute approximate surface area is 117 Å². The molecule has 1 heterocycles. The third kappa shape index (κ3) is 2.37. The van der Waals surface area contributed by atoms with Crippen LogP contribution in [0.4, 0.5) is 0 Å². The van der Waals surface area contributed by atoms with Gasteiger partial charge in [0.1, 0.15) is 11.3 Å². The summed E-state index contributed by atoms with van der Waals surface area (Å²) in [7, 11) is 0. The molecule has 0 fully saturated rings. The number of halogens is 1. The van der Waals surface area contributed by atoms with E-state index in [1.54, 1.807) is 12.1 Å². The molecular weight excluding hydrogens is 314 g/mol. The van der Waals surface area contributed by atoms with E-state index >= 15 is 0 Å². The zero-order valence-corrected chi connectivity index (χ0v) is 11.5. The van der Waals surface area contributed by atoms with Crippen LogP contribution in [-0.4, -0.2) is 26.8 Å². The van der Waals surface area contributed by atoms with Crippen molar-refractivity contribution in [2.75, 3.05) is 0 Å². The highest BCUT2D eigenvalue weighted by atomic mass is 79.9. The van der Waals surface area contributed by atoms with Gasteiger partial charge in [-0.1, -0.05) is 22.0 Å². The van der Waals surface area contributed by atoms with Gasteiger partial charge in [-0.05, 0) is 24.6 Å². The molecule has 1 amide bonds. The average molecular weight is 324 g/mol. The first-order chi connectivity index (χ1) is 8.91. The number of carbonyl (C=O) groups excluding carboxylic acids is 1. The maximum atomic E-state index is 11.4. The van der Waals surface area contributed by atoms with E-state index in [-0.39, 0.29) is 11.3 Å². The Morgan fingerprint density at radius 1 is 1.42 bits per heavy atom. The number of carboxylic acids is 1. The normalized spacial score (nSPS) is 10.4. The number of primary amides is 1. The molecule has 0 saturated carbocycles. The number of nitrogens with two attached hydrogens (primary N) is 1. The summed E-state index contributed by atoms with van der Waals surface area (Å²) in [6, 6.07) is 5.29. The number of nitrogens with zero attached hydrogens (tertiary/aromatic N) is 2. The van der Waals surface area contributed by atoms with Crippen molar-refractivity contribution in [3.63, 3.8) is 0 Å². The van der Waals surface area contributed by atoms with Crippen molar-refractivity contribution in [2.24, 2.45) is 5.73 Å². The zero-order chi connectivity index (χ0) is 14.2.